The van der Waals surface area contributed by atoms with E-state index >= 15 is 0 Å². The molecule has 0 aliphatic heterocycles. The minimum absolute atomic E-state index is 0.391. The number of hydrogen-bond donors (Lipinski definition) is 1. The van der Waals surface area contributed by atoms with E-state index < -0.39 is 17.6 Å². The molecule has 2 aromatic rings. The molecule has 0 saturated heterocycles. The number of para-hydroxylation sites is 1. The van der Waals surface area contributed by atoms with Crippen LogP contribution in [0, 0.1) is 0 Å². The summed E-state index contributed by atoms with van der Waals surface area (Å²) in [6.45, 7) is 5.25. The van der Waals surface area contributed by atoms with Gasteiger partial charge in [0.25, 0.3) is 5.91 Å². The Morgan fingerprint density at radius 2 is 1.43 bits per heavy atom. The lowest BCUT2D eigenvalue weighted by Crippen LogP contribution is -2.44. The smallest absolute Gasteiger partial charge is 0.436 e. The van der Waals surface area contributed by atoms with Crippen molar-refractivity contribution in [2.75, 3.05) is 5.43 Å². The summed E-state index contributed by atoms with van der Waals surface area (Å²) in [5, 5.41) is 0.885. The molecule has 0 aliphatic carbocycles. The first-order valence-corrected chi connectivity index (χ1v) is 7.31. The number of carbonyl (C=O) groups is 2. The number of amides is 2. The van der Waals surface area contributed by atoms with Gasteiger partial charge in [0, 0.05) is 5.56 Å². The van der Waals surface area contributed by atoms with Crippen LogP contribution in [-0.2, 0) is 4.74 Å². The number of nitrogens with zero attached hydrogens (tertiary/aromatic N) is 1. The molecule has 0 radical (unpaired) electrons. The highest BCUT2D eigenvalue weighted by Crippen LogP contribution is 2.15. The number of anilines is 1. The number of hydrogen-bond acceptors (Lipinski definition) is 4. The maximum atomic E-state index is 12.6. The summed E-state index contributed by atoms with van der Waals surface area (Å²) >= 11 is 0. The van der Waals surface area contributed by atoms with E-state index in [1.165, 1.54) is 0 Å². The second-order valence-corrected chi connectivity index (χ2v) is 5.96. The van der Waals surface area contributed by atoms with Crippen LogP contribution in [0.2, 0.25) is 0 Å². The maximum absolute atomic E-state index is 12.6. The molecule has 0 aromatic heterocycles. The molecule has 5 heteroatoms. The third-order valence-electron chi connectivity index (χ3n) is 2.81. The predicted octanol–water partition coefficient (Wildman–Crippen LogP) is 4.09. The van der Waals surface area contributed by atoms with Crippen LogP contribution in [0.1, 0.15) is 31.1 Å². The van der Waals surface area contributed by atoms with Gasteiger partial charge >= 0.3 is 6.09 Å². The molecule has 2 rings (SSSR count). The van der Waals surface area contributed by atoms with E-state index in [1.54, 1.807) is 63.2 Å². The molecule has 0 unspecified atom stereocenters. The molecular weight excluding hydrogens is 292 g/mol. The fourth-order valence-electron chi connectivity index (χ4n) is 1.84. The molecule has 0 spiro atoms. The van der Waals surface area contributed by atoms with Gasteiger partial charge in [0.05, 0.1) is 5.69 Å². The fourth-order valence-corrected chi connectivity index (χ4v) is 1.84. The summed E-state index contributed by atoms with van der Waals surface area (Å²) in [6, 6.07) is 17.6. The first kappa shape index (κ1) is 16.5. The Kier molecular flexibility index (Phi) is 5.01. The largest absolute Gasteiger partial charge is 0.442 e. The molecule has 0 saturated carbocycles. The Morgan fingerprint density at radius 3 is 1.96 bits per heavy atom. The number of carbonyl (C=O) groups excluding carboxylic acids is 2. The van der Waals surface area contributed by atoms with E-state index in [2.05, 4.69) is 5.43 Å². The number of benzene rings is 2. The summed E-state index contributed by atoms with van der Waals surface area (Å²) in [5.74, 6) is -0.483. The number of rotatable bonds is 3. The van der Waals surface area contributed by atoms with Gasteiger partial charge in [-0.1, -0.05) is 36.4 Å². The Hall–Kier alpha value is -2.82. The molecule has 0 fully saturated rings. The zero-order valence-corrected chi connectivity index (χ0v) is 13.4. The first-order valence-electron chi connectivity index (χ1n) is 7.31. The molecule has 1 N–H and O–H groups in total. The van der Waals surface area contributed by atoms with Crippen molar-refractivity contribution in [1.82, 2.24) is 5.01 Å². The molecule has 23 heavy (non-hydrogen) atoms. The monoisotopic (exact) mass is 312 g/mol. The van der Waals surface area contributed by atoms with E-state index in [4.69, 9.17) is 4.74 Å². The van der Waals surface area contributed by atoms with E-state index in [1.807, 2.05) is 18.2 Å². The van der Waals surface area contributed by atoms with Gasteiger partial charge in [0.1, 0.15) is 5.60 Å². The Bertz CT molecular complexity index is 664. The normalized spacial score (nSPS) is 10.7. The average molecular weight is 312 g/mol. The van der Waals surface area contributed by atoms with Gasteiger partial charge in [-0.2, -0.15) is 0 Å². The van der Waals surface area contributed by atoms with Crippen molar-refractivity contribution < 1.29 is 14.3 Å². The quantitative estimate of drug-likeness (QED) is 0.867. The van der Waals surface area contributed by atoms with Crippen LogP contribution in [0.25, 0.3) is 0 Å². The number of hydrazine groups is 1. The van der Waals surface area contributed by atoms with E-state index in [-0.39, 0.29) is 0 Å². The van der Waals surface area contributed by atoms with Gasteiger partial charge in [-0.15, -0.1) is 5.01 Å². The van der Waals surface area contributed by atoms with E-state index in [0.717, 1.165) is 5.01 Å². The van der Waals surface area contributed by atoms with Crippen LogP contribution in [0.15, 0.2) is 60.7 Å². The minimum Gasteiger partial charge on any atom is -0.442 e. The van der Waals surface area contributed by atoms with Gasteiger partial charge in [0.15, 0.2) is 0 Å². The molecular formula is C18H20N2O3. The zero-order chi connectivity index (χ0) is 16.9. The van der Waals surface area contributed by atoms with Crippen molar-refractivity contribution in [1.29, 1.82) is 0 Å². The zero-order valence-electron chi connectivity index (χ0n) is 13.4. The van der Waals surface area contributed by atoms with Crippen molar-refractivity contribution in [2.24, 2.45) is 0 Å². The van der Waals surface area contributed by atoms with Crippen LogP contribution < -0.4 is 5.43 Å². The molecule has 0 aliphatic rings. The second-order valence-electron chi connectivity index (χ2n) is 5.96. The molecule has 2 aromatic carbocycles. The van der Waals surface area contributed by atoms with E-state index in [0.29, 0.717) is 11.3 Å². The van der Waals surface area contributed by atoms with Crippen LogP contribution in [-0.4, -0.2) is 22.6 Å². The Labute approximate surface area is 135 Å². The van der Waals surface area contributed by atoms with Crippen LogP contribution in [0.3, 0.4) is 0 Å². The summed E-state index contributed by atoms with van der Waals surface area (Å²) < 4.78 is 5.32. The molecule has 0 bridgehead atoms. The van der Waals surface area contributed by atoms with E-state index in [9.17, 15) is 9.59 Å². The van der Waals surface area contributed by atoms with Crippen molar-refractivity contribution in [2.45, 2.75) is 26.4 Å². The molecule has 120 valence electrons. The van der Waals surface area contributed by atoms with Crippen LogP contribution in [0.5, 0.6) is 0 Å². The lowest BCUT2D eigenvalue weighted by molar-refractivity contribution is 0.0283. The number of nitrogens with one attached hydrogen (secondary N) is 1. The standard InChI is InChI=1S/C18H20N2O3/c1-18(2,3)23-17(22)20(19-15-12-8-5-9-13-15)16(21)14-10-6-4-7-11-14/h4-13,19H,1-3H3. The lowest BCUT2D eigenvalue weighted by Gasteiger charge is -2.27. The van der Waals surface area contributed by atoms with Gasteiger partial charge in [-0.05, 0) is 45.0 Å². The van der Waals surface area contributed by atoms with Crippen LogP contribution in [0.4, 0.5) is 10.5 Å². The molecule has 5 nitrogen and oxygen atoms in total. The average Bonchev–Trinajstić information content (AvgIpc) is 2.52. The fraction of sp³-hybridized carbons (Fsp3) is 0.222. The maximum Gasteiger partial charge on any atom is 0.436 e. The summed E-state index contributed by atoms with van der Waals surface area (Å²) in [7, 11) is 0. The lowest BCUT2D eigenvalue weighted by atomic mass is 10.2. The highest BCUT2D eigenvalue weighted by molar-refractivity contribution is 6.03. The molecule has 0 heterocycles. The Balaban J connectivity index is 2.27. The molecule has 0 atom stereocenters. The number of ether oxygens (including phenoxy) is 1. The number of imide groups is 1. The van der Waals surface area contributed by atoms with Crippen molar-refractivity contribution in [3.63, 3.8) is 0 Å². The van der Waals surface area contributed by atoms with Gasteiger partial charge in [0.2, 0.25) is 0 Å². The highest BCUT2D eigenvalue weighted by atomic mass is 16.6. The van der Waals surface area contributed by atoms with Gasteiger partial charge < -0.3 is 4.74 Å². The van der Waals surface area contributed by atoms with Gasteiger partial charge in [-0.3, -0.25) is 10.2 Å². The van der Waals surface area contributed by atoms with Crippen molar-refractivity contribution >= 4 is 17.7 Å². The molecule has 2 amide bonds. The Morgan fingerprint density at radius 1 is 0.913 bits per heavy atom. The highest BCUT2D eigenvalue weighted by Gasteiger charge is 2.28. The first-order chi connectivity index (χ1) is 10.9. The van der Waals surface area contributed by atoms with Crippen LogP contribution >= 0.6 is 0 Å². The summed E-state index contributed by atoms with van der Waals surface area (Å²) in [5.41, 5.74) is 3.11. The second kappa shape index (κ2) is 6.96. The van der Waals surface area contributed by atoms with Crippen molar-refractivity contribution in [3.05, 3.63) is 66.2 Å². The van der Waals surface area contributed by atoms with Crippen molar-refractivity contribution in [3.8, 4) is 0 Å². The third-order valence-corrected chi connectivity index (χ3v) is 2.81. The minimum atomic E-state index is -0.754. The topological polar surface area (TPSA) is 58.6 Å². The SMILES string of the molecule is CC(C)(C)OC(=O)N(Nc1ccccc1)C(=O)c1ccccc1. The summed E-state index contributed by atoms with van der Waals surface area (Å²) in [6.07, 6.45) is -0.754. The predicted molar refractivity (Wildman–Crippen MR) is 88.9 cm³/mol. The third kappa shape index (κ3) is 4.85. The summed E-state index contributed by atoms with van der Waals surface area (Å²) in [4.78, 5) is 25.0. The van der Waals surface area contributed by atoms with Gasteiger partial charge in [-0.25, -0.2) is 4.79 Å².